The molecular formula is C26H24N2O6. The van der Waals surface area contributed by atoms with E-state index < -0.39 is 24.0 Å². The van der Waals surface area contributed by atoms with Gasteiger partial charge in [-0.2, -0.15) is 0 Å². The second-order valence-electron chi connectivity index (χ2n) is 7.90. The topological polar surface area (TPSA) is 114 Å². The van der Waals surface area contributed by atoms with Gasteiger partial charge in [0.25, 0.3) is 5.91 Å². The highest BCUT2D eigenvalue weighted by Gasteiger charge is 2.29. The van der Waals surface area contributed by atoms with Crippen molar-refractivity contribution in [3.05, 3.63) is 83.4 Å². The number of carboxylic acid groups (broad SMARTS) is 1. The van der Waals surface area contributed by atoms with E-state index in [4.69, 9.17) is 14.6 Å². The van der Waals surface area contributed by atoms with Crippen molar-refractivity contribution in [2.75, 3.05) is 19.0 Å². The van der Waals surface area contributed by atoms with Crippen LogP contribution >= 0.6 is 0 Å². The molecule has 1 unspecified atom stereocenters. The van der Waals surface area contributed by atoms with Crippen molar-refractivity contribution in [3.63, 3.8) is 0 Å². The summed E-state index contributed by atoms with van der Waals surface area (Å²) in [6.45, 7) is 1.53. The minimum atomic E-state index is -1.15. The van der Waals surface area contributed by atoms with Gasteiger partial charge in [0.15, 0.2) is 0 Å². The molecule has 8 nitrogen and oxygen atoms in total. The molecule has 3 aromatic carbocycles. The molecule has 1 aliphatic rings. The normalized spacial score (nSPS) is 12.8. The Morgan fingerprint density at radius 1 is 0.971 bits per heavy atom. The third-order valence-corrected chi connectivity index (χ3v) is 5.75. The zero-order valence-corrected chi connectivity index (χ0v) is 18.7. The summed E-state index contributed by atoms with van der Waals surface area (Å²) < 4.78 is 10.8. The highest BCUT2D eigenvalue weighted by atomic mass is 16.5. The molecule has 0 spiro atoms. The summed E-state index contributed by atoms with van der Waals surface area (Å²) in [6, 6.07) is 19.5. The van der Waals surface area contributed by atoms with Crippen LogP contribution in [0, 0.1) is 0 Å². The number of amides is 2. The van der Waals surface area contributed by atoms with E-state index in [9.17, 15) is 14.4 Å². The maximum atomic E-state index is 12.5. The molecule has 0 heterocycles. The van der Waals surface area contributed by atoms with Gasteiger partial charge in [-0.3, -0.25) is 14.9 Å². The van der Waals surface area contributed by atoms with Crippen LogP contribution in [-0.2, 0) is 9.53 Å². The Kier molecular flexibility index (Phi) is 6.49. The number of hydrogen-bond acceptors (Lipinski definition) is 5. The smallest absolute Gasteiger partial charge is 0.411 e. The highest BCUT2D eigenvalue weighted by Crippen LogP contribution is 2.44. The lowest BCUT2D eigenvalue weighted by molar-refractivity contribution is -0.138. The van der Waals surface area contributed by atoms with Gasteiger partial charge in [-0.25, -0.2) is 4.79 Å². The van der Waals surface area contributed by atoms with Crippen molar-refractivity contribution >= 4 is 23.7 Å². The van der Waals surface area contributed by atoms with Crippen molar-refractivity contribution in [3.8, 4) is 16.9 Å². The summed E-state index contributed by atoms with van der Waals surface area (Å²) in [5.74, 6) is -1.62. The number of aliphatic carboxylic acids is 1. The lowest BCUT2D eigenvalue weighted by atomic mass is 9.98. The van der Waals surface area contributed by atoms with Gasteiger partial charge in [0, 0.05) is 17.7 Å². The quantitative estimate of drug-likeness (QED) is 0.486. The fraction of sp³-hybridized carbons (Fsp3) is 0.192. The molecule has 2 amide bonds. The van der Waals surface area contributed by atoms with Crippen LogP contribution in [0.25, 0.3) is 11.1 Å². The first-order chi connectivity index (χ1) is 16.4. The van der Waals surface area contributed by atoms with E-state index in [1.165, 1.54) is 32.2 Å². The summed E-state index contributed by atoms with van der Waals surface area (Å²) in [5, 5.41) is 14.0. The Hall–Kier alpha value is -4.33. The minimum Gasteiger partial charge on any atom is -0.496 e. The molecule has 1 atom stereocenters. The third kappa shape index (κ3) is 4.56. The Morgan fingerprint density at radius 2 is 1.59 bits per heavy atom. The van der Waals surface area contributed by atoms with Crippen molar-refractivity contribution in [1.82, 2.24) is 5.32 Å². The van der Waals surface area contributed by atoms with Crippen LogP contribution in [0.2, 0.25) is 0 Å². The van der Waals surface area contributed by atoms with Crippen molar-refractivity contribution < 1.29 is 29.0 Å². The number of methoxy groups -OCH3 is 1. The van der Waals surface area contributed by atoms with Gasteiger partial charge in [0.05, 0.1) is 12.7 Å². The molecular weight excluding hydrogens is 436 g/mol. The lowest BCUT2D eigenvalue weighted by Crippen LogP contribution is -2.38. The van der Waals surface area contributed by atoms with Crippen molar-refractivity contribution in [2.24, 2.45) is 0 Å². The number of ether oxygens (including phenoxy) is 2. The summed E-state index contributed by atoms with van der Waals surface area (Å²) in [4.78, 5) is 35.9. The van der Waals surface area contributed by atoms with Crippen LogP contribution in [-0.4, -0.2) is 42.8 Å². The fourth-order valence-electron chi connectivity index (χ4n) is 4.05. The first-order valence-electron chi connectivity index (χ1n) is 10.7. The second-order valence-corrected chi connectivity index (χ2v) is 7.90. The number of carbonyl (C=O) groups is 3. The number of benzene rings is 3. The predicted octanol–water partition coefficient (Wildman–Crippen LogP) is 4.26. The number of anilines is 1. The molecule has 0 saturated carbocycles. The summed E-state index contributed by atoms with van der Waals surface area (Å²) in [5.41, 5.74) is 5.03. The Labute approximate surface area is 196 Å². The SMILES string of the molecule is COc1cc(NC(=O)OCC2c3ccccc3-c3ccccc32)ccc1C(=O)NC(C)C(=O)O. The van der Waals surface area contributed by atoms with Gasteiger partial charge in [0.2, 0.25) is 0 Å². The molecule has 3 N–H and O–H groups in total. The van der Waals surface area contributed by atoms with Crippen LogP contribution in [0.1, 0.15) is 34.3 Å². The average molecular weight is 460 g/mol. The Morgan fingerprint density at radius 3 is 2.18 bits per heavy atom. The zero-order valence-electron chi connectivity index (χ0n) is 18.7. The van der Waals surface area contributed by atoms with E-state index in [0.29, 0.717) is 5.69 Å². The van der Waals surface area contributed by atoms with Crippen LogP contribution in [0.5, 0.6) is 5.75 Å². The lowest BCUT2D eigenvalue weighted by Gasteiger charge is -2.16. The largest absolute Gasteiger partial charge is 0.496 e. The molecule has 0 radical (unpaired) electrons. The number of carboxylic acids is 1. The summed E-state index contributed by atoms with van der Waals surface area (Å²) in [6.07, 6.45) is -0.638. The molecule has 8 heteroatoms. The number of carbonyl (C=O) groups excluding carboxylic acids is 2. The van der Waals surface area contributed by atoms with Crippen LogP contribution in [0.3, 0.4) is 0 Å². The number of nitrogens with one attached hydrogen (secondary N) is 2. The van der Waals surface area contributed by atoms with E-state index in [-0.39, 0.29) is 23.8 Å². The van der Waals surface area contributed by atoms with Crippen LogP contribution in [0.15, 0.2) is 66.7 Å². The first-order valence-corrected chi connectivity index (χ1v) is 10.7. The van der Waals surface area contributed by atoms with Crippen molar-refractivity contribution in [1.29, 1.82) is 0 Å². The monoisotopic (exact) mass is 460 g/mol. The third-order valence-electron chi connectivity index (χ3n) is 5.75. The molecule has 0 aromatic heterocycles. The number of fused-ring (bicyclic) bond motifs is 3. The van der Waals surface area contributed by atoms with Crippen molar-refractivity contribution in [2.45, 2.75) is 18.9 Å². The molecule has 34 heavy (non-hydrogen) atoms. The van der Waals surface area contributed by atoms with Gasteiger partial charge in [-0.1, -0.05) is 48.5 Å². The molecule has 0 aliphatic heterocycles. The maximum absolute atomic E-state index is 12.5. The van der Waals surface area contributed by atoms with E-state index in [2.05, 4.69) is 22.8 Å². The predicted molar refractivity (Wildman–Crippen MR) is 126 cm³/mol. The number of hydrogen-bond donors (Lipinski definition) is 3. The average Bonchev–Trinajstić information content (AvgIpc) is 3.16. The molecule has 4 rings (SSSR count). The summed E-state index contributed by atoms with van der Waals surface area (Å²) in [7, 11) is 1.38. The molecule has 0 bridgehead atoms. The Balaban J connectivity index is 1.43. The molecule has 1 aliphatic carbocycles. The number of rotatable bonds is 7. The van der Waals surface area contributed by atoms with E-state index in [0.717, 1.165) is 22.3 Å². The Bertz CT molecular complexity index is 1210. The van der Waals surface area contributed by atoms with Gasteiger partial charge in [0.1, 0.15) is 18.4 Å². The standard InChI is InChI=1S/C26H24N2O6/c1-15(25(30)31)27-24(29)21-12-11-16(13-23(21)33-2)28-26(32)34-14-22-19-9-5-3-7-17(19)18-8-4-6-10-20(18)22/h3-13,15,22H,14H2,1-2H3,(H,27,29)(H,28,32)(H,30,31). The van der Waals surface area contributed by atoms with Gasteiger partial charge < -0.3 is 19.9 Å². The molecule has 0 saturated heterocycles. The first kappa shape index (κ1) is 22.8. The van der Waals surface area contributed by atoms with Gasteiger partial charge >= 0.3 is 12.1 Å². The van der Waals surface area contributed by atoms with Crippen LogP contribution < -0.4 is 15.4 Å². The molecule has 174 valence electrons. The second kappa shape index (κ2) is 9.66. The molecule has 3 aromatic rings. The fourth-order valence-corrected chi connectivity index (χ4v) is 4.05. The minimum absolute atomic E-state index is 0.0602. The maximum Gasteiger partial charge on any atom is 0.411 e. The van der Waals surface area contributed by atoms with E-state index in [1.54, 1.807) is 0 Å². The summed E-state index contributed by atoms with van der Waals surface area (Å²) >= 11 is 0. The highest BCUT2D eigenvalue weighted by molar-refractivity contribution is 5.99. The zero-order chi connectivity index (χ0) is 24.2. The molecule has 0 fully saturated rings. The van der Waals surface area contributed by atoms with E-state index in [1.807, 2.05) is 36.4 Å². The van der Waals surface area contributed by atoms with Crippen LogP contribution in [0.4, 0.5) is 10.5 Å². The van der Waals surface area contributed by atoms with Gasteiger partial charge in [-0.05, 0) is 41.3 Å². The van der Waals surface area contributed by atoms with E-state index >= 15 is 0 Å². The van der Waals surface area contributed by atoms with Gasteiger partial charge in [-0.15, -0.1) is 0 Å².